The molecule has 0 amide bonds. The molecule has 5 heteroatoms. The first-order chi connectivity index (χ1) is 8.83. The first kappa shape index (κ1) is 10.7. The van der Waals surface area contributed by atoms with Gasteiger partial charge in [-0.15, -0.1) is 11.3 Å². The van der Waals surface area contributed by atoms with E-state index in [4.69, 9.17) is 5.73 Å². The van der Waals surface area contributed by atoms with Crippen molar-refractivity contribution in [1.29, 1.82) is 0 Å². The zero-order valence-electron chi connectivity index (χ0n) is 10.1. The molecule has 0 bridgehead atoms. The highest BCUT2D eigenvalue weighted by Gasteiger charge is 2.41. The number of fused-ring (bicyclic) bond motifs is 2. The van der Waals surface area contributed by atoms with E-state index in [-0.39, 0.29) is 0 Å². The van der Waals surface area contributed by atoms with Gasteiger partial charge >= 0.3 is 0 Å². The largest absolute Gasteiger partial charge is 0.355 e. The van der Waals surface area contributed by atoms with E-state index in [0.29, 0.717) is 12.0 Å². The van der Waals surface area contributed by atoms with Gasteiger partial charge in [-0.3, -0.25) is 0 Å². The Morgan fingerprint density at radius 2 is 2.22 bits per heavy atom. The predicted molar refractivity (Wildman–Crippen MR) is 73.8 cm³/mol. The van der Waals surface area contributed by atoms with Gasteiger partial charge in [-0.2, -0.15) is 0 Å². The lowest BCUT2D eigenvalue weighted by molar-refractivity contribution is 0.453. The van der Waals surface area contributed by atoms with E-state index >= 15 is 0 Å². The van der Waals surface area contributed by atoms with E-state index in [0.717, 1.165) is 29.7 Å². The third-order valence-electron chi connectivity index (χ3n) is 4.45. The second-order valence-electron chi connectivity index (χ2n) is 5.41. The number of thiophene rings is 1. The molecule has 0 aromatic carbocycles. The third kappa shape index (κ3) is 1.47. The minimum Gasteiger partial charge on any atom is -0.355 e. The number of rotatable bonds is 1. The summed E-state index contributed by atoms with van der Waals surface area (Å²) >= 11 is 1.68. The molecule has 94 valence electrons. The summed E-state index contributed by atoms with van der Waals surface area (Å²) in [4.78, 5) is 12.3. The van der Waals surface area contributed by atoms with Crippen molar-refractivity contribution < 1.29 is 0 Å². The second-order valence-corrected chi connectivity index (χ2v) is 6.30. The predicted octanol–water partition coefficient (Wildman–Crippen LogP) is 1.86. The van der Waals surface area contributed by atoms with Gasteiger partial charge in [0, 0.05) is 19.1 Å². The minimum absolute atomic E-state index is 0.389. The van der Waals surface area contributed by atoms with Crippen molar-refractivity contribution in [2.45, 2.75) is 18.9 Å². The lowest BCUT2D eigenvalue weighted by Crippen LogP contribution is -2.30. The maximum Gasteiger partial charge on any atom is 0.140 e. The van der Waals surface area contributed by atoms with Crippen LogP contribution in [0, 0.1) is 11.8 Å². The number of nitrogens with zero attached hydrogens (tertiary/aromatic N) is 3. The van der Waals surface area contributed by atoms with Crippen LogP contribution in [0.5, 0.6) is 0 Å². The van der Waals surface area contributed by atoms with E-state index in [2.05, 4.69) is 26.3 Å². The summed E-state index contributed by atoms with van der Waals surface area (Å²) in [6, 6.07) is 2.52. The fraction of sp³-hybridized carbons (Fsp3) is 0.538. The molecule has 4 nitrogen and oxygen atoms in total. The van der Waals surface area contributed by atoms with Crippen molar-refractivity contribution in [3.05, 3.63) is 17.8 Å². The molecule has 3 atom stereocenters. The summed E-state index contributed by atoms with van der Waals surface area (Å²) in [6.45, 7) is 2.17. The Balaban J connectivity index is 1.70. The lowest BCUT2D eigenvalue weighted by atomic mass is 9.98. The Kier molecular flexibility index (Phi) is 2.32. The maximum atomic E-state index is 6.20. The molecule has 1 saturated carbocycles. The Morgan fingerprint density at radius 1 is 1.28 bits per heavy atom. The monoisotopic (exact) mass is 260 g/mol. The first-order valence-corrected chi connectivity index (χ1v) is 7.39. The molecule has 1 aliphatic heterocycles. The van der Waals surface area contributed by atoms with Crippen LogP contribution < -0.4 is 10.6 Å². The van der Waals surface area contributed by atoms with E-state index < -0.39 is 0 Å². The summed E-state index contributed by atoms with van der Waals surface area (Å²) in [6.07, 6.45) is 4.16. The summed E-state index contributed by atoms with van der Waals surface area (Å²) in [5.74, 6) is 2.53. The van der Waals surface area contributed by atoms with E-state index in [1.807, 2.05) is 0 Å². The molecular formula is C13H16N4S. The van der Waals surface area contributed by atoms with Gasteiger partial charge in [0.2, 0.25) is 0 Å². The fourth-order valence-electron chi connectivity index (χ4n) is 3.51. The van der Waals surface area contributed by atoms with Gasteiger partial charge in [0.05, 0.1) is 5.39 Å². The summed E-state index contributed by atoms with van der Waals surface area (Å²) in [5, 5.41) is 3.28. The van der Waals surface area contributed by atoms with Crippen LogP contribution in [-0.4, -0.2) is 29.1 Å². The quantitative estimate of drug-likeness (QED) is 0.850. The zero-order chi connectivity index (χ0) is 12.1. The maximum absolute atomic E-state index is 6.20. The van der Waals surface area contributed by atoms with Gasteiger partial charge in [-0.25, -0.2) is 9.97 Å². The number of hydrogen-bond donors (Lipinski definition) is 1. The molecule has 4 rings (SSSR count). The molecule has 3 unspecified atom stereocenters. The van der Waals surface area contributed by atoms with Crippen LogP contribution in [-0.2, 0) is 0 Å². The molecule has 2 aromatic heterocycles. The molecule has 0 radical (unpaired) electrons. The van der Waals surface area contributed by atoms with Gasteiger partial charge < -0.3 is 10.6 Å². The SMILES string of the molecule is NC1CCC2CN(c3ncnc4sccc34)CC12. The van der Waals surface area contributed by atoms with Gasteiger partial charge in [-0.05, 0) is 36.1 Å². The van der Waals surface area contributed by atoms with Crippen molar-refractivity contribution >= 4 is 27.4 Å². The van der Waals surface area contributed by atoms with Crippen molar-refractivity contribution in [3.8, 4) is 0 Å². The average Bonchev–Trinajstić information content (AvgIpc) is 3.06. The molecule has 2 aromatic rings. The summed E-state index contributed by atoms with van der Waals surface area (Å²) in [5.41, 5.74) is 6.20. The van der Waals surface area contributed by atoms with Crippen LogP contribution in [0.25, 0.3) is 10.2 Å². The molecule has 18 heavy (non-hydrogen) atoms. The summed E-state index contributed by atoms with van der Waals surface area (Å²) < 4.78 is 0. The van der Waals surface area contributed by atoms with Crippen LogP contribution in [0.15, 0.2) is 17.8 Å². The zero-order valence-corrected chi connectivity index (χ0v) is 10.9. The molecule has 3 heterocycles. The van der Waals surface area contributed by atoms with E-state index in [1.54, 1.807) is 17.7 Å². The van der Waals surface area contributed by atoms with Crippen LogP contribution in [0.4, 0.5) is 5.82 Å². The lowest BCUT2D eigenvalue weighted by Gasteiger charge is -2.20. The molecule has 0 spiro atoms. The molecule has 1 saturated heterocycles. The van der Waals surface area contributed by atoms with Crippen molar-refractivity contribution in [3.63, 3.8) is 0 Å². The molecule has 2 N–H and O–H groups in total. The summed E-state index contributed by atoms with van der Waals surface area (Å²) in [7, 11) is 0. The van der Waals surface area contributed by atoms with E-state index in [9.17, 15) is 0 Å². The van der Waals surface area contributed by atoms with Gasteiger partial charge in [-0.1, -0.05) is 0 Å². The van der Waals surface area contributed by atoms with Gasteiger partial charge in [0.1, 0.15) is 17.0 Å². The van der Waals surface area contributed by atoms with Crippen LogP contribution in [0.1, 0.15) is 12.8 Å². The Bertz CT molecular complexity index is 581. The fourth-order valence-corrected chi connectivity index (χ4v) is 4.24. The standard InChI is InChI=1S/C13H16N4S/c14-11-2-1-8-5-17(6-10(8)11)12-9-3-4-18-13(9)16-7-15-12/h3-4,7-8,10-11H,1-2,5-6,14H2. The topological polar surface area (TPSA) is 55.0 Å². The Hall–Kier alpha value is -1.20. The number of aromatic nitrogens is 2. The van der Waals surface area contributed by atoms with Gasteiger partial charge in [0.15, 0.2) is 0 Å². The number of nitrogens with two attached hydrogens (primary N) is 1. The number of hydrogen-bond acceptors (Lipinski definition) is 5. The minimum atomic E-state index is 0.389. The third-order valence-corrected chi connectivity index (χ3v) is 5.27. The van der Waals surface area contributed by atoms with Crippen molar-refractivity contribution in [1.82, 2.24) is 9.97 Å². The van der Waals surface area contributed by atoms with Crippen molar-refractivity contribution in [2.24, 2.45) is 17.6 Å². The molecule has 1 aliphatic carbocycles. The van der Waals surface area contributed by atoms with E-state index in [1.165, 1.54) is 18.2 Å². The molecular weight excluding hydrogens is 244 g/mol. The highest BCUT2D eigenvalue weighted by atomic mass is 32.1. The van der Waals surface area contributed by atoms with Crippen molar-refractivity contribution in [2.75, 3.05) is 18.0 Å². The van der Waals surface area contributed by atoms with Crippen LogP contribution in [0.3, 0.4) is 0 Å². The Labute approximate surface area is 110 Å². The molecule has 2 fully saturated rings. The second kappa shape index (κ2) is 3.90. The number of anilines is 1. The van der Waals surface area contributed by atoms with Gasteiger partial charge in [0.25, 0.3) is 0 Å². The smallest absolute Gasteiger partial charge is 0.140 e. The first-order valence-electron chi connectivity index (χ1n) is 6.51. The average molecular weight is 260 g/mol. The highest BCUT2D eigenvalue weighted by molar-refractivity contribution is 7.16. The van der Waals surface area contributed by atoms with Crippen LogP contribution in [0.2, 0.25) is 0 Å². The Morgan fingerprint density at radius 3 is 3.11 bits per heavy atom. The molecule has 2 aliphatic rings. The normalized spacial score (nSPS) is 31.2. The highest BCUT2D eigenvalue weighted by Crippen LogP contribution is 2.40. The van der Waals surface area contributed by atoms with Crippen LogP contribution >= 0.6 is 11.3 Å².